The third kappa shape index (κ3) is 3.76. The molecule has 0 saturated heterocycles. The number of pyridine rings is 1. The van der Waals surface area contributed by atoms with Crippen molar-refractivity contribution in [1.29, 1.82) is 0 Å². The number of ether oxygens (including phenoxy) is 1. The van der Waals surface area contributed by atoms with E-state index in [1.807, 2.05) is 60.0 Å². The molecule has 0 unspecified atom stereocenters. The average molecular weight is 403 g/mol. The number of benzene rings is 2. The molecular formula is C24H22FN3O2. The molecule has 0 aliphatic heterocycles. The summed E-state index contributed by atoms with van der Waals surface area (Å²) in [5, 5.41) is 2.62. The molecule has 0 saturated carbocycles. The van der Waals surface area contributed by atoms with Gasteiger partial charge < -0.3 is 10.1 Å². The molecule has 5 nitrogen and oxygen atoms in total. The highest BCUT2D eigenvalue weighted by atomic mass is 19.1. The molecule has 2 aromatic carbocycles. The zero-order valence-corrected chi connectivity index (χ0v) is 16.9. The first kappa shape index (κ1) is 19.6. The van der Waals surface area contributed by atoms with E-state index >= 15 is 0 Å². The molecule has 6 heteroatoms. The molecule has 1 N–H and O–H groups in total. The van der Waals surface area contributed by atoms with Gasteiger partial charge >= 0.3 is 0 Å². The van der Waals surface area contributed by atoms with Gasteiger partial charge in [0.15, 0.2) is 11.4 Å². The van der Waals surface area contributed by atoms with E-state index in [2.05, 4.69) is 10.3 Å². The number of aryl methyl sites for hydroxylation is 1. The Kier molecular flexibility index (Phi) is 5.48. The molecule has 4 rings (SSSR count). The quantitative estimate of drug-likeness (QED) is 0.504. The van der Waals surface area contributed by atoms with Crippen LogP contribution in [0.4, 0.5) is 4.39 Å². The first-order valence-electron chi connectivity index (χ1n) is 9.81. The Hall–Kier alpha value is -3.67. The number of amides is 1. The van der Waals surface area contributed by atoms with E-state index in [4.69, 9.17) is 4.74 Å². The van der Waals surface area contributed by atoms with E-state index in [0.29, 0.717) is 30.1 Å². The fourth-order valence-corrected chi connectivity index (χ4v) is 3.45. The molecule has 152 valence electrons. The van der Waals surface area contributed by atoms with Crippen molar-refractivity contribution in [2.45, 2.75) is 20.5 Å². The van der Waals surface area contributed by atoms with Gasteiger partial charge in [-0.2, -0.15) is 0 Å². The SMILES string of the molecule is CCNC(=O)c1ccc(-c2c(C)nc3c(OCc4ccccc4)cccn23)cc1F. The number of nitrogens with zero attached hydrogens (tertiary/aromatic N) is 2. The summed E-state index contributed by atoms with van der Waals surface area (Å²) in [6.45, 7) is 4.54. The Morgan fingerprint density at radius 2 is 1.93 bits per heavy atom. The predicted molar refractivity (Wildman–Crippen MR) is 114 cm³/mol. The molecule has 0 aliphatic rings. The summed E-state index contributed by atoms with van der Waals surface area (Å²) in [5.74, 6) is -0.340. The van der Waals surface area contributed by atoms with Gasteiger partial charge in [-0.1, -0.05) is 36.4 Å². The monoisotopic (exact) mass is 403 g/mol. The van der Waals surface area contributed by atoms with Crippen LogP contribution in [-0.2, 0) is 6.61 Å². The zero-order chi connectivity index (χ0) is 21.1. The lowest BCUT2D eigenvalue weighted by molar-refractivity contribution is 0.0952. The maximum absolute atomic E-state index is 14.6. The number of carbonyl (C=O) groups is 1. The molecule has 2 heterocycles. The van der Waals surface area contributed by atoms with Crippen LogP contribution in [0.3, 0.4) is 0 Å². The highest BCUT2D eigenvalue weighted by molar-refractivity contribution is 5.95. The Bertz CT molecular complexity index is 1200. The normalized spacial score (nSPS) is 10.9. The summed E-state index contributed by atoms with van der Waals surface area (Å²) in [4.78, 5) is 16.6. The Morgan fingerprint density at radius 3 is 2.67 bits per heavy atom. The second kappa shape index (κ2) is 8.37. The molecule has 0 bridgehead atoms. The maximum Gasteiger partial charge on any atom is 0.254 e. The minimum Gasteiger partial charge on any atom is -0.485 e. The van der Waals surface area contributed by atoms with Gasteiger partial charge in [0.25, 0.3) is 5.91 Å². The number of halogens is 1. The van der Waals surface area contributed by atoms with Crippen molar-refractivity contribution in [1.82, 2.24) is 14.7 Å². The van der Waals surface area contributed by atoms with Crippen LogP contribution < -0.4 is 10.1 Å². The Balaban J connectivity index is 1.69. The lowest BCUT2D eigenvalue weighted by atomic mass is 10.1. The van der Waals surface area contributed by atoms with Gasteiger partial charge in [0, 0.05) is 18.3 Å². The van der Waals surface area contributed by atoms with Crippen LogP contribution in [0.5, 0.6) is 5.75 Å². The second-order valence-corrected chi connectivity index (χ2v) is 6.94. The highest BCUT2D eigenvalue weighted by Crippen LogP contribution is 2.30. The van der Waals surface area contributed by atoms with E-state index < -0.39 is 11.7 Å². The second-order valence-electron chi connectivity index (χ2n) is 6.94. The van der Waals surface area contributed by atoms with Crippen molar-refractivity contribution in [3.8, 4) is 17.0 Å². The molecule has 0 radical (unpaired) electrons. The summed E-state index contributed by atoms with van der Waals surface area (Å²) < 4.78 is 22.5. The summed E-state index contributed by atoms with van der Waals surface area (Å²) in [5.41, 5.74) is 3.90. The summed E-state index contributed by atoms with van der Waals surface area (Å²) in [6.07, 6.45) is 1.87. The maximum atomic E-state index is 14.6. The topological polar surface area (TPSA) is 55.6 Å². The van der Waals surface area contributed by atoms with Crippen LogP contribution in [0.15, 0.2) is 66.9 Å². The predicted octanol–water partition coefficient (Wildman–Crippen LogP) is 4.78. The van der Waals surface area contributed by atoms with Crippen molar-refractivity contribution in [2.75, 3.05) is 6.54 Å². The summed E-state index contributed by atoms with van der Waals surface area (Å²) >= 11 is 0. The zero-order valence-electron chi connectivity index (χ0n) is 16.9. The Labute approximate surface area is 174 Å². The van der Waals surface area contributed by atoms with Crippen LogP contribution in [0.25, 0.3) is 16.9 Å². The Morgan fingerprint density at radius 1 is 1.13 bits per heavy atom. The number of carbonyl (C=O) groups excluding carboxylic acids is 1. The fraction of sp³-hybridized carbons (Fsp3) is 0.167. The van der Waals surface area contributed by atoms with Gasteiger partial charge in [0.1, 0.15) is 12.4 Å². The standard InChI is InChI=1S/C24H22FN3O2/c1-3-26-24(29)19-12-11-18(14-20(19)25)22-16(2)27-23-21(10-7-13-28(22)23)30-15-17-8-5-4-6-9-17/h4-14H,3,15H2,1-2H3,(H,26,29). The molecular weight excluding hydrogens is 381 g/mol. The largest absolute Gasteiger partial charge is 0.485 e. The number of rotatable bonds is 6. The van der Waals surface area contributed by atoms with Gasteiger partial charge in [-0.05, 0) is 43.7 Å². The third-order valence-corrected chi connectivity index (χ3v) is 4.85. The third-order valence-electron chi connectivity index (χ3n) is 4.85. The summed E-state index contributed by atoms with van der Waals surface area (Å²) in [6, 6.07) is 18.3. The van der Waals surface area contributed by atoms with Crippen molar-refractivity contribution in [3.05, 3.63) is 89.5 Å². The molecule has 1 amide bonds. The number of aromatic nitrogens is 2. The molecule has 0 spiro atoms. The number of imidazole rings is 1. The number of nitrogens with one attached hydrogen (secondary N) is 1. The smallest absolute Gasteiger partial charge is 0.254 e. The summed E-state index contributed by atoms with van der Waals surface area (Å²) in [7, 11) is 0. The lowest BCUT2D eigenvalue weighted by Gasteiger charge is -2.09. The first-order valence-corrected chi connectivity index (χ1v) is 9.81. The average Bonchev–Trinajstić information content (AvgIpc) is 3.09. The van der Waals surface area contributed by atoms with Gasteiger partial charge in [-0.15, -0.1) is 0 Å². The van der Waals surface area contributed by atoms with Gasteiger partial charge in [-0.3, -0.25) is 9.20 Å². The van der Waals surface area contributed by atoms with Crippen LogP contribution in [0.2, 0.25) is 0 Å². The van der Waals surface area contributed by atoms with E-state index in [-0.39, 0.29) is 5.56 Å². The van der Waals surface area contributed by atoms with Crippen LogP contribution >= 0.6 is 0 Å². The molecule has 0 atom stereocenters. The molecule has 30 heavy (non-hydrogen) atoms. The van der Waals surface area contributed by atoms with Crippen LogP contribution in [0.1, 0.15) is 28.5 Å². The van der Waals surface area contributed by atoms with Crippen molar-refractivity contribution in [2.24, 2.45) is 0 Å². The van der Waals surface area contributed by atoms with Gasteiger partial charge in [0.05, 0.1) is 17.0 Å². The first-order chi connectivity index (χ1) is 14.6. The molecule has 4 aromatic rings. The minimum atomic E-state index is -0.565. The van der Waals surface area contributed by atoms with Crippen LogP contribution in [0, 0.1) is 12.7 Å². The minimum absolute atomic E-state index is 0.0268. The number of hydrogen-bond donors (Lipinski definition) is 1. The highest BCUT2D eigenvalue weighted by Gasteiger charge is 2.17. The van der Waals surface area contributed by atoms with Crippen molar-refractivity contribution >= 4 is 11.6 Å². The number of fused-ring (bicyclic) bond motifs is 1. The number of hydrogen-bond acceptors (Lipinski definition) is 3. The van der Waals surface area contributed by atoms with Crippen LogP contribution in [-0.4, -0.2) is 21.8 Å². The fourth-order valence-electron chi connectivity index (χ4n) is 3.45. The van der Waals surface area contributed by atoms with Crippen molar-refractivity contribution < 1.29 is 13.9 Å². The van der Waals surface area contributed by atoms with Gasteiger partial charge in [0.2, 0.25) is 0 Å². The molecule has 0 fully saturated rings. The van der Waals surface area contributed by atoms with E-state index in [0.717, 1.165) is 17.0 Å². The van der Waals surface area contributed by atoms with E-state index in [1.54, 1.807) is 13.0 Å². The van der Waals surface area contributed by atoms with Gasteiger partial charge in [-0.25, -0.2) is 9.37 Å². The molecule has 0 aliphatic carbocycles. The lowest BCUT2D eigenvalue weighted by Crippen LogP contribution is -2.23. The van der Waals surface area contributed by atoms with E-state index in [9.17, 15) is 9.18 Å². The van der Waals surface area contributed by atoms with E-state index in [1.165, 1.54) is 12.1 Å². The van der Waals surface area contributed by atoms with Crippen molar-refractivity contribution in [3.63, 3.8) is 0 Å². The molecule has 2 aromatic heterocycles.